The van der Waals surface area contributed by atoms with Crippen LogP contribution < -0.4 is 10.6 Å². The Labute approximate surface area is 118 Å². The van der Waals surface area contributed by atoms with Gasteiger partial charge in [0.15, 0.2) is 0 Å². The molecule has 0 aliphatic rings. The Morgan fingerprint density at radius 3 is 2.60 bits per heavy atom. The average Bonchev–Trinajstić information content (AvgIpc) is 2.73. The third kappa shape index (κ3) is 3.22. The number of anilines is 2. The largest absolute Gasteiger partial charge is 0.418 e. The van der Waals surface area contributed by atoms with Crippen molar-refractivity contribution in [3.63, 3.8) is 0 Å². The summed E-state index contributed by atoms with van der Waals surface area (Å²) in [5.41, 5.74) is 5.60. The van der Waals surface area contributed by atoms with Gasteiger partial charge in [0, 0.05) is 23.8 Å². The van der Waals surface area contributed by atoms with Gasteiger partial charge in [-0.05, 0) is 25.1 Å². The molecule has 108 valence electrons. The van der Waals surface area contributed by atoms with Gasteiger partial charge in [-0.2, -0.15) is 13.2 Å². The van der Waals surface area contributed by atoms with E-state index >= 15 is 0 Å². The number of nitrogens with two attached hydrogens (primary N) is 1. The Morgan fingerprint density at radius 2 is 2.05 bits per heavy atom. The number of alkyl halides is 3. The van der Waals surface area contributed by atoms with E-state index in [1.54, 1.807) is 18.0 Å². The normalized spacial score (nSPS) is 11.7. The molecule has 0 unspecified atom stereocenters. The Morgan fingerprint density at radius 1 is 1.35 bits per heavy atom. The summed E-state index contributed by atoms with van der Waals surface area (Å²) in [6.45, 7) is 2.34. The molecule has 0 fully saturated rings. The topological polar surface area (TPSA) is 42.2 Å². The van der Waals surface area contributed by atoms with Crippen LogP contribution in [-0.4, -0.2) is 12.0 Å². The Kier molecular flexibility index (Phi) is 3.89. The van der Waals surface area contributed by atoms with Gasteiger partial charge in [0.05, 0.1) is 22.8 Å². The predicted octanol–water partition coefficient (Wildman–Crippen LogP) is 3.69. The second kappa shape index (κ2) is 5.32. The quantitative estimate of drug-likeness (QED) is 0.879. The van der Waals surface area contributed by atoms with Crippen LogP contribution in [0, 0.1) is 6.92 Å². The van der Waals surface area contributed by atoms with E-state index in [0.29, 0.717) is 12.2 Å². The van der Waals surface area contributed by atoms with E-state index in [1.165, 1.54) is 17.4 Å². The first-order valence-corrected chi connectivity index (χ1v) is 6.74. The summed E-state index contributed by atoms with van der Waals surface area (Å²) in [5, 5.41) is 2.83. The first-order chi connectivity index (χ1) is 9.27. The molecule has 0 amide bonds. The van der Waals surface area contributed by atoms with Gasteiger partial charge in [-0.15, -0.1) is 11.3 Å². The monoisotopic (exact) mass is 301 g/mol. The molecular formula is C13H14F3N3S. The number of benzene rings is 1. The first kappa shape index (κ1) is 14.6. The van der Waals surface area contributed by atoms with Crippen molar-refractivity contribution in [1.29, 1.82) is 0 Å². The van der Waals surface area contributed by atoms with Crippen molar-refractivity contribution in [1.82, 2.24) is 4.98 Å². The predicted molar refractivity (Wildman–Crippen MR) is 74.8 cm³/mol. The molecule has 2 rings (SSSR count). The minimum absolute atomic E-state index is 0.265. The lowest BCUT2D eigenvalue weighted by atomic mass is 10.1. The lowest BCUT2D eigenvalue weighted by Gasteiger charge is -2.20. The maximum Gasteiger partial charge on any atom is 0.418 e. The number of thiazole rings is 1. The standard InChI is InChI=1S/C13H14F3N3S/c1-8-18-9(7-20-8)6-19(2)10-3-4-12(17)11(5-10)13(14,15)16/h3-5,7H,6,17H2,1-2H3. The molecule has 1 aromatic carbocycles. The van der Waals surface area contributed by atoms with E-state index < -0.39 is 11.7 Å². The van der Waals surface area contributed by atoms with Crippen LogP contribution >= 0.6 is 11.3 Å². The molecule has 7 heteroatoms. The summed E-state index contributed by atoms with van der Waals surface area (Å²) >= 11 is 1.51. The van der Waals surface area contributed by atoms with Crippen molar-refractivity contribution in [2.75, 3.05) is 17.7 Å². The van der Waals surface area contributed by atoms with Gasteiger partial charge < -0.3 is 10.6 Å². The number of hydrogen-bond acceptors (Lipinski definition) is 4. The number of nitrogen functional groups attached to an aromatic ring is 1. The highest BCUT2D eigenvalue weighted by atomic mass is 32.1. The summed E-state index contributed by atoms with van der Waals surface area (Å²) in [7, 11) is 1.72. The molecule has 2 aromatic rings. The molecule has 0 atom stereocenters. The summed E-state index contributed by atoms with van der Waals surface area (Å²) < 4.78 is 38.4. The molecule has 0 aliphatic heterocycles. The van der Waals surface area contributed by atoms with E-state index in [9.17, 15) is 13.2 Å². The maximum atomic E-state index is 12.8. The van der Waals surface area contributed by atoms with Crippen molar-refractivity contribution in [3.05, 3.63) is 39.8 Å². The number of aryl methyl sites for hydroxylation is 1. The highest BCUT2D eigenvalue weighted by Crippen LogP contribution is 2.35. The number of halogens is 3. The minimum atomic E-state index is -4.45. The van der Waals surface area contributed by atoms with Crippen LogP contribution in [0.4, 0.5) is 24.5 Å². The molecule has 0 saturated carbocycles. The minimum Gasteiger partial charge on any atom is -0.398 e. The second-order valence-corrected chi connectivity index (χ2v) is 5.55. The third-order valence-corrected chi connectivity index (χ3v) is 3.67. The maximum absolute atomic E-state index is 12.8. The van der Waals surface area contributed by atoms with Gasteiger partial charge in [0.2, 0.25) is 0 Å². The SMILES string of the molecule is Cc1nc(CN(C)c2ccc(N)c(C(F)(F)F)c2)cs1. The van der Waals surface area contributed by atoms with Crippen LogP contribution in [0.2, 0.25) is 0 Å². The van der Waals surface area contributed by atoms with Crippen molar-refractivity contribution in [2.45, 2.75) is 19.6 Å². The van der Waals surface area contributed by atoms with Crippen molar-refractivity contribution in [2.24, 2.45) is 0 Å². The molecule has 0 radical (unpaired) electrons. The lowest BCUT2D eigenvalue weighted by molar-refractivity contribution is -0.136. The molecule has 20 heavy (non-hydrogen) atoms. The third-order valence-electron chi connectivity index (χ3n) is 2.85. The van der Waals surface area contributed by atoms with Crippen LogP contribution in [0.1, 0.15) is 16.3 Å². The van der Waals surface area contributed by atoms with Gasteiger partial charge in [-0.1, -0.05) is 0 Å². The Bertz CT molecular complexity index is 607. The van der Waals surface area contributed by atoms with Crippen LogP contribution in [0.15, 0.2) is 23.6 Å². The molecule has 3 nitrogen and oxygen atoms in total. The number of hydrogen-bond donors (Lipinski definition) is 1. The smallest absolute Gasteiger partial charge is 0.398 e. The van der Waals surface area contributed by atoms with E-state index in [0.717, 1.165) is 16.8 Å². The second-order valence-electron chi connectivity index (χ2n) is 4.48. The van der Waals surface area contributed by atoms with Crippen LogP contribution in [-0.2, 0) is 12.7 Å². The summed E-state index contributed by atoms with van der Waals surface area (Å²) in [5.74, 6) is 0. The molecule has 1 heterocycles. The summed E-state index contributed by atoms with van der Waals surface area (Å²) in [6.07, 6.45) is -4.45. The van der Waals surface area contributed by atoms with Gasteiger partial charge >= 0.3 is 6.18 Å². The zero-order valence-electron chi connectivity index (χ0n) is 11.0. The zero-order chi connectivity index (χ0) is 14.9. The molecule has 1 aromatic heterocycles. The highest BCUT2D eigenvalue weighted by Gasteiger charge is 2.33. The molecule has 2 N–H and O–H groups in total. The molecule has 0 bridgehead atoms. The van der Waals surface area contributed by atoms with Gasteiger partial charge in [0.1, 0.15) is 0 Å². The van der Waals surface area contributed by atoms with E-state index in [1.807, 2.05) is 12.3 Å². The fourth-order valence-electron chi connectivity index (χ4n) is 1.84. The van der Waals surface area contributed by atoms with Crippen molar-refractivity contribution in [3.8, 4) is 0 Å². The number of rotatable bonds is 3. The summed E-state index contributed by atoms with van der Waals surface area (Å²) in [4.78, 5) is 6.01. The van der Waals surface area contributed by atoms with E-state index in [4.69, 9.17) is 5.73 Å². The van der Waals surface area contributed by atoms with Gasteiger partial charge in [-0.3, -0.25) is 0 Å². The van der Waals surface area contributed by atoms with E-state index in [2.05, 4.69) is 4.98 Å². The van der Waals surface area contributed by atoms with Gasteiger partial charge in [0.25, 0.3) is 0 Å². The zero-order valence-corrected chi connectivity index (χ0v) is 11.8. The fourth-order valence-corrected chi connectivity index (χ4v) is 2.45. The van der Waals surface area contributed by atoms with Crippen LogP contribution in [0.3, 0.4) is 0 Å². The fraction of sp³-hybridized carbons (Fsp3) is 0.308. The molecular weight excluding hydrogens is 287 g/mol. The van der Waals surface area contributed by atoms with E-state index in [-0.39, 0.29) is 5.69 Å². The van der Waals surface area contributed by atoms with Crippen LogP contribution in [0.25, 0.3) is 0 Å². The molecule has 0 saturated heterocycles. The van der Waals surface area contributed by atoms with Crippen molar-refractivity contribution >= 4 is 22.7 Å². The summed E-state index contributed by atoms with van der Waals surface area (Å²) in [6, 6.07) is 3.92. The van der Waals surface area contributed by atoms with Crippen molar-refractivity contribution < 1.29 is 13.2 Å². The molecule has 0 spiro atoms. The van der Waals surface area contributed by atoms with Gasteiger partial charge in [-0.25, -0.2) is 4.98 Å². The first-order valence-electron chi connectivity index (χ1n) is 5.86. The number of aromatic nitrogens is 1. The van der Waals surface area contributed by atoms with Crippen LogP contribution in [0.5, 0.6) is 0 Å². The highest BCUT2D eigenvalue weighted by molar-refractivity contribution is 7.09. The molecule has 0 aliphatic carbocycles. The Balaban J connectivity index is 2.24. The number of nitrogens with zero attached hydrogens (tertiary/aromatic N) is 2. The average molecular weight is 301 g/mol. The lowest BCUT2D eigenvalue weighted by Crippen LogP contribution is -2.18. The Hall–Kier alpha value is -1.76.